The van der Waals surface area contributed by atoms with Gasteiger partial charge in [0.2, 0.25) is 5.91 Å². The molecule has 1 aromatic carbocycles. The molecule has 1 aliphatic heterocycles. The molecular formula is C13H17BrClN2O-. The number of likely N-dealkylation sites (tertiary alicyclic amines) is 1. The Morgan fingerprint density at radius 2 is 2.06 bits per heavy atom. The highest BCUT2D eigenvalue weighted by Crippen LogP contribution is 2.20. The van der Waals surface area contributed by atoms with Crippen LogP contribution in [0.1, 0.15) is 18.4 Å². The van der Waals surface area contributed by atoms with Crippen molar-refractivity contribution < 1.29 is 17.2 Å². The Kier molecular flexibility index (Phi) is 6.12. The zero-order chi connectivity index (χ0) is 12.3. The summed E-state index contributed by atoms with van der Waals surface area (Å²) in [5.74, 6) is 0.0719. The van der Waals surface area contributed by atoms with E-state index in [0.29, 0.717) is 6.54 Å². The summed E-state index contributed by atoms with van der Waals surface area (Å²) in [6.45, 7) is 4.63. The van der Waals surface area contributed by atoms with E-state index in [2.05, 4.69) is 26.1 Å². The highest BCUT2D eigenvalue weighted by atomic mass is 79.9. The number of carbonyl (C=O) groups excluding carboxylic acids is 1. The molecule has 18 heavy (non-hydrogen) atoms. The molecule has 0 unspecified atom stereocenters. The molecule has 0 aromatic heterocycles. The molecule has 1 fully saturated rings. The molecule has 0 aliphatic carbocycles. The van der Waals surface area contributed by atoms with Gasteiger partial charge in [-0.2, -0.15) is 0 Å². The van der Waals surface area contributed by atoms with E-state index in [0.717, 1.165) is 23.2 Å². The number of aryl methyl sites for hydroxylation is 1. The summed E-state index contributed by atoms with van der Waals surface area (Å²) in [6, 6.07) is 5.87. The highest BCUT2D eigenvalue weighted by Gasteiger charge is 2.15. The number of hydrogen-bond donors (Lipinski definition) is 1. The number of benzene rings is 1. The zero-order valence-corrected chi connectivity index (χ0v) is 12.7. The van der Waals surface area contributed by atoms with E-state index in [9.17, 15) is 4.79 Å². The molecule has 1 aliphatic rings. The second-order valence-corrected chi connectivity index (χ2v) is 5.35. The first-order chi connectivity index (χ1) is 8.15. The number of amides is 1. The number of nitrogens with one attached hydrogen (secondary N) is 1. The molecule has 1 saturated heterocycles. The van der Waals surface area contributed by atoms with E-state index in [4.69, 9.17) is 0 Å². The second kappa shape index (κ2) is 7.12. The molecule has 100 valence electrons. The maximum absolute atomic E-state index is 11.8. The van der Waals surface area contributed by atoms with Crippen LogP contribution in [0, 0.1) is 6.92 Å². The van der Waals surface area contributed by atoms with Crippen molar-refractivity contribution in [3.05, 3.63) is 28.2 Å². The van der Waals surface area contributed by atoms with Crippen LogP contribution in [0.2, 0.25) is 0 Å². The maximum Gasteiger partial charge on any atom is 0.238 e. The van der Waals surface area contributed by atoms with Crippen molar-refractivity contribution in [2.45, 2.75) is 19.8 Å². The fourth-order valence-electron chi connectivity index (χ4n) is 2.01. The van der Waals surface area contributed by atoms with E-state index >= 15 is 0 Å². The lowest BCUT2D eigenvalue weighted by Crippen LogP contribution is -3.00. The predicted octanol–water partition coefficient (Wildman–Crippen LogP) is -0.204. The number of rotatable bonds is 3. The van der Waals surface area contributed by atoms with Crippen LogP contribution in [-0.2, 0) is 4.79 Å². The Balaban J connectivity index is 0.00000162. The highest BCUT2D eigenvalue weighted by molar-refractivity contribution is 9.10. The van der Waals surface area contributed by atoms with Crippen LogP contribution >= 0.6 is 15.9 Å². The summed E-state index contributed by atoms with van der Waals surface area (Å²) in [5.41, 5.74) is 2.02. The largest absolute Gasteiger partial charge is 1.00 e. The van der Waals surface area contributed by atoms with Gasteiger partial charge in [0.05, 0.1) is 6.54 Å². The van der Waals surface area contributed by atoms with Crippen LogP contribution in [0.3, 0.4) is 0 Å². The van der Waals surface area contributed by atoms with E-state index in [1.807, 2.05) is 25.1 Å². The van der Waals surface area contributed by atoms with Crippen molar-refractivity contribution in [3.63, 3.8) is 0 Å². The lowest BCUT2D eigenvalue weighted by atomic mass is 10.2. The fraction of sp³-hybridized carbons (Fsp3) is 0.462. The molecule has 0 atom stereocenters. The predicted molar refractivity (Wildman–Crippen MR) is 73.2 cm³/mol. The van der Waals surface area contributed by atoms with Gasteiger partial charge in [-0.1, -0.05) is 22.0 Å². The van der Waals surface area contributed by atoms with Crippen LogP contribution in [0.25, 0.3) is 0 Å². The summed E-state index contributed by atoms with van der Waals surface area (Å²) in [5, 5.41) is 2.93. The van der Waals surface area contributed by atoms with E-state index in [1.54, 1.807) is 0 Å². The minimum Gasteiger partial charge on any atom is -1.00 e. The first-order valence-corrected chi connectivity index (χ1v) is 6.73. The molecular weight excluding hydrogens is 316 g/mol. The van der Waals surface area contributed by atoms with Gasteiger partial charge in [-0.05, 0) is 50.6 Å². The molecule has 1 heterocycles. The van der Waals surface area contributed by atoms with E-state index in [1.165, 1.54) is 18.4 Å². The topological polar surface area (TPSA) is 32.3 Å². The summed E-state index contributed by atoms with van der Waals surface area (Å²) in [6.07, 6.45) is 2.42. The van der Waals surface area contributed by atoms with Gasteiger partial charge in [0.25, 0.3) is 0 Å². The third kappa shape index (κ3) is 4.26. The third-order valence-electron chi connectivity index (χ3n) is 3.02. The molecule has 3 nitrogen and oxygen atoms in total. The summed E-state index contributed by atoms with van der Waals surface area (Å²) in [4.78, 5) is 14.0. The molecule has 1 N–H and O–H groups in total. The van der Waals surface area contributed by atoms with Crippen molar-refractivity contribution in [1.29, 1.82) is 0 Å². The summed E-state index contributed by atoms with van der Waals surface area (Å²) >= 11 is 3.46. The van der Waals surface area contributed by atoms with Crippen molar-refractivity contribution in [3.8, 4) is 0 Å². The molecule has 1 amide bonds. The maximum atomic E-state index is 11.8. The second-order valence-electron chi connectivity index (χ2n) is 4.50. The van der Waals surface area contributed by atoms with Crippen LogP contribution in [0.5, 0.6) is 0 Å². The zero-order valence-electron chi connectivity index (χ0n) is 10.4. The van der Waals surface area contributed by atoms with Gasteiger partial charge in [-0.25, -0.2) is 0 Å². The lowest BCUT2D eigenvalue weighted by molar-refractivity contribution is -0.117. The summed E-state index contributed by atoms with van der Waals surface area (Å²) in [7, 11) is 0. The number of nitrogens with zero attached hydrogens (tertiary/aromatic N) is 1. The number of hydrogen-bond acceptors (Lipinski definition) is 2. The van der Waals surface area contributed by atoms with Crippen LogP contribution < -0.4 is 17.7 Å². The molecule has 0 radical (unpaired) electrons. The minimum atomic E-state index is 0. The monoisotopic (exact) mass is 331 g/mol. The third-order valence-corrected chi connectivity index (χ3v) is 3.88. The molecule has 0 saturated carbocycles. The van der Waals surface area contributed by atoms with Crippen molar-refractivity contribution in [1.82, 2.24) is 4.90 Å². The SMILES string of the molecule is Cc1ccc(NC(=O)CN2CCCC2)cc1Br.[Cl-]. The molecule has 5 heteroatoms. The Morgan fingerprint density at radius 3 is 2.67 bits per heavy atom. The average molecular weight is 333 g/mol. The minimum absolute atomic E-state index is 0. The van der Waals surface area contributed by atoms with Crippen molar-refractivity contribution >= 4 is 27.5 Å². The normalized spacial score (nSPS) is 15.2. The molecule has 0 spiro atoms. The first-order valence-electron chi connectivity index (χ1n) is 5.93. The fourth-order valence-corrected chi connectivity index (χ4v) is 2.39. The van der Waals surface area contributed by atoms with E-state index < -0.39 is 0 Å². The Bertz CT molecular complexity index is 419. The van der Waals surface area contributed by atoms with Gasteiger partial charge < -0.3 is 17.7 Å². The van der Waals surface area contributed by atoms with Gasteiger partial charge >= 0.3 is 0 Å². The Labute approximate surface area is 122 Å². The van der Waals surface area contributed by atoms with Crippen molar-refractivity contribution in [2.75, 3.05) is 25.0 Å². The van der Waals surface area contributed by atoms with Crippen LogP contribution in [0.15, 0.2) is 22.7 Å². The number of carbonyl (C=O) groups is 1. The lowest BCUT2D eigenvalue weighted by Gasteiger charge is -2.14. The number of anilines is 1. The van der Waals surface area contributed by atoms with Gasteiger partial charge in [0.1, 0.15) is 0 Å². The van der Waals surface area contributed by atoms with Crippen LogP contribution in [-0.4, -0.2) is 30.4 Å². The average Bonchev–Trinajstić information content (AvgIpc) is 2.76. The molecule has 2 rings (SSSR count). The standard InChI is InChI=1S/C13H17BrN2O.ClH/c1-10-4-5-11(8-12(10)14)15-13(17)9-16-6-2-3-7-16;/h4-5,8H,2-3,6-7,9H2,1H3,(H,15,17);1H/p-1. The summed E-state index contributed by atoms with van der Waals surface area (Å²) < 4.78 is 1.02. The van der Waals surface area contributed by atoms with Gasteiger partial charge in [-0.15, -0.1) is 0 Å². The van der Waals surface area contributed by atoms with Gasteiger partial charge in [0, 0.05) is 10.2 Å². The van der Waals surface area contributed by atoms with Crippen LogP contribution in [0.4, 0.5) is 5.69 Å². The molecule has 1 aromatic rings. The van der Waals surface area contributed by atoms with Gasteiger partial charge in [0.15, 0.2) is 0 Å². The quantitative estimate of drug-likeness (QED) is 0.831. The Morgan fingerprint density at radius 1 is 1.39 bits per heavy atom. The Hall–Kier alpha value is -0.580. The smallest absolute Gasteiger partial charge is 0.238 e. The number of halogens is 2. The van der Waals surface area contributed by atoms with Crippen molar-refractivity contribution in [2.24, 2.45) is 0 Å². The molecule has 0 bridgehead atoms. The van der Waals surface area contributed by atoms with Gasteiger partial charge in [-0.3, -0.25) is 9.69 Å². The van der Waals surface area contributed by atoms with E-state index in [-0.39, 0.29) is 18.3 Å². The first kappa shape index (κ1) is 15.5.